The van der Waals surface area contributed by atoms with Crippen LogP contribution in [-0.4, -0.2) is 34.1 Å². The molecule has 3 nitrogen and oxygen atoms in total. The Morgan fingerprint density at radius 2 is 1.62 bits per heavy atom. The molecule has 4 saturated carbocycles. The van der Waals surface area contributed by atoms with Gasteiger partial charge in [0.05, 0.1) is 12.2 Å². The first-order valence-corrected chi connectivity index (χ1v) is 12.7. The first-order valence-electron chi connectivity index (χ1n) is 12.7. The zero-order valence-electron chi connectivity index (χ0n) is 19.3. The van der Waals surface area contributed by atoms with Gasteiger partial charge in [0.15, 0.2) is 0 Å². The molecule has 1 unspecified atom stereocenters. The van der Waals surface area contributed by atoms with Crippen molar-refractivity contribution in [1.82, 2.24) is 0 Å². The molecule has 4 aliphatic carbocycles. The van der Waals surface area contributed by atoms with Gasteiger partial charge in [-0.15, -0.1) is 0 Å². The summed E-state index contributed by atoms with van der Waals surface area (Å²) in [6.07, 6.45) is 10.9. The van der Waals surface area contributed by atoms with Crippen LogP contribution in [0.2, 0.25) is 0 Å². The van der Waals surface area contributed by atoms with E-state index in [9.17, 15) is 15.3 Å². The molecule has 3 N–H and O–H groups in total. The summed E-state index contributed by atoms with van der Waals surface area (Å²) in [6.45, 7) is 10.0. The van der Waals surface area contributed by atoms with Gasteiger partial charge in [-0.05, 0) is 110 Å². The summed E-state index contributed by atoms with van der Waals surface area (Å²) in [5.74, 6) is 3.97. The molecule has 0 saturated heterocycles. The summed E-state index contributed by atoms with van der Waals surface area (Å²) in [6, 6.07) is 0. The van der Waals surface area contributed by atoms with E-state index in [2.05, 4.69) is 27.7 Å². The molecule has 0 spiro atoms. The Morgan fingerprint density at radius 1 is 0.931 bits per heavy atom. The highest BCUT2D eigenvalue weighted by Crippen LogP contribution is 2.69. The zero-order chi connectivity index (χ0) is 21.0. The minimum atomic E-state index is -0.190. The van der Waals surface area contributed by atoms with Crippen molar-refractivity contribution in [3.8, 4) is 0 Å². The maximum Gasteiger partial charge on any atom is 0.0605 e. The van der Waals surface area contributed by atoms with Crippen molar-refractivity contribution in [1.29, 1.82) is 0 Å². The van der Waals surface area contributed by atoms with Gasteiger partial charge < -0.3 is 15.3 Å². The molecule has 0 aromatic heterocycles. The minimum absolute atomic E-state index is 0.164. The number of fused-ring (bicyclic) bond motifs is 5. The lowest BCUT2D eigenvalue weighted by Gasteiger charge is -2.64. The van der Waals surface area contributed by atoms with Crippen molar-refractivity contribution >= 4 is 0 Å². The van der Waals surface area contributed by atoms with Gasteiger partial charge in [-0.1, -0.05) is 34.1 Å². The van der Waals surface area contributed by atoms with E-state index in [1.54, 1.807) is 0 Å². The normalized spacial score (nSPS) is 53.1. The highest BCUT2D eigenvalue weighted by atomic mass is 16.3. The van der Waals surface area contributed by atoms with Crippen molar-refractivity contribution in [2.75, 3.05) is 6.61 Å². The number of aliphatic hydroxyl groups excluding tert-OH is 3. The second-order valence-corrected chi connectivity index (χ2v) is 12.0. The van der Waals surface area contributed by atoms with Crippen LogP contribution in [0.15, 0.2) is 0 Å². The Hall–Kier alpha value is -0.120. The average Bonchev–Trinajstić information content (AvgIpc) is 3.05. The lowest BCUT2D eigenvalue weighted by Crippen LogP contribution is -2.62. The van der Waals surface area contributed by atoms with Gasteiger partial charge in [-0.25, -0.2) is 0 Å². The molecule has 4 aliphatic rings. The smallest absolute Gasteiger partial charge is 0.0605 e. The van der Waals surface area contributed by atoms with Crippen LogP contribution >= 0.6 is 0 Å². The van der Waals surface area contributed by atoms with Gasteiger partial charge in [-0.3, -0.25) is 0 Å². The van der Waals surface area contributed by atoms with E-state index in [1.165, 1.54) is 25.7 Å². The number of hydrogen-bond acceptors (Lipinski definition) is 3. The van der Waals surface area contributed by atoms with Crippen LogP contribution < -0.4 is 0 Å². The lowest BCUT2D eigenvalue weighted by atomic mass is 9.41. The fourth-order valence-corrected chi connectivity index (χ4v) is 9.55. The Morgan fingerprint density at radius 3 is 2.31 bits per heavy atom. The molecule has 0 bridgehead atoms. The predicted octanol–water partition coefficient (Wildman–Crippen LogP) is 5.02. The van der Waals surface area contributed by atoms with E-state index in [1.807, 2.05) is 0 Å². The quantitative estimate of drug-likeness (QED) is 0.601. The molecule has 0 heterocycles. The Labute approximate surface area is 178 Å². The molecule has 4 fully saturated rings. The standard InChI is InChI=1S/C26H46O3/c1-5-18-22-15-17(28)10-12-26(22,4)21-11-13-25(3)19(16(2)7-6-14-27)8-9-20(25)23(21)24(18)29/h16-24,27-29H,5-15H2,1-4H3/t16?,17-,18+,19+,20-,21-,22-,23-,24+,25+,26+/m0/s1. The van der Waals surface area contributed by atoms with Crippen LogP contribution in [0.5, 0.6) is 0 Å². The summed E-state index contributed by atoms with van der Waals surface area (Å²) < 4.78 is 0. The second kappa shape index (κ2) is 8.10. The fourth-order valence-electron chi connectivity index (χ4n) is 9.55. The van der Waals surface area contributed by atoms with Crippen LogP contribution in [-0.2, 0) is 0 Å². The number of rotatable bonds is 5. The molecule has 0 amide bonds. The zero-order valence-corrected chi connectivity index (χ0v) is 19.3. The van der Waals surface area contributed by atoms with E-state index >= 15 is 0 Å². The van der Waals surface area contributed by atoms with E-state index in [-0.39, 0.29) is 12.2 Å². The Bertz CT molecular complexity index is 578. The van der Waals surface area contributed by atoms with Crippen LogP contribution in [0.25, 0.3) is 0 Å². The molecule has 3 heteroatoms. The molecule has 168 valence electrons. The molecule has 0 radical (unpaired) electrons. The first-order chi connectivity index (χ1) is 13.8. The summed E-state index contributed by atoms with van der Waals surface area (Å²) in [7, 11) is 0. The highest BCUT2D eigenvalue weighted by Gasteiger charge is 2.64. The Balaban J connectivity index is 1.63. The maximum absolute atomic E-state index is 11.7. The van der Waals surface area contributed by atoms with Gasteiger partial charge in [0.25, 0.3) is 0 Å². The predicted molar refractivity (Wildman–Crippen MR) is 117 cm³/mol. The summed E-state index contributed by atoms with van der Waals surface area (Å²) in [4.78, 5) is 0. The molecule has 29 heavy (non-hydrogen) atoms. The third-order valence-corrected chi connectivity index (χ3v) is 11.0. The van der Waals surface area contributed by atoms with E-state index in [0.717, 1.165) is 44.4 Å². The fraction of sp³-hybridized carbons (Fsp3) is 1.00. The lowest BCUT2D eigenvalue weighted by molar-refractivity contribution is -0.203. The summed E-state index contributed by atoms with van der Waals surface area (Å²) in [5.41, 5.74) is 0.651. The van der Waals surface area contributed by atoms with Crippen LogP contribution in [0, 0.1) is 52.3 Å². The highest BCUT2D eigenvalue weighted by molar-refractivity contribution is 5.13. The van der Waals surface area contributed by atoms with Crippen LogP contribution in [0.4, 0.5) is 0 Å². The van der Waals surface area contributed by atoms with E-state index < -0.39 is 0 Å². The third kappa shape index (κ3) is 3.33. The van der Waals surface area contributed by atoms with Crippen molar-refractivity contribution < 1.29 is 15.3 Å². The first kappa shape index (κ1) is 22.1. The summed E-state index contributed by atoms with van der Waals surface area (Å²) in [5, 5.41) is 31.4. The van der Waals surface area contributed by atoms with Gasteiger partial charge in [0, 0.05) is 6.61 Å². The maximum atomic E-state index is 11.7. The number of aliphatic hydroxyl groups is 3. The van der Waals surface area contributed by atoms with Crippen molar-refractivity contribution in [2.45, 2.75) is 104 Å². The van der Waals surface area contributed by atoms with Crippen LogP contribution in [0.3, 0.4) is 0 Å². The SMILES string of the molecule is CC[C@H]1[C@@H](O)[C@@H]2[C@H](CC[C@]3(C)[C@@H](C(C)CCCO)CC[C@@H]23)[C@@]2(C)CC[C@H](O)C[C@@H]12. The molecule has 11 atom stereocenters. The van der Waals surface area contributed by atoms with Gasteiger partial charge in [0.1, 0.15) is 0 Å². The second-order valence-electron chi connectivity index (χ2n) is 12.0. The molecule has 0 aromatic rings. The van der Waals surface area contributed by atoms with Crippen molar-refractivity contribution in [3.63, 3.8) is 0 Å². The van der Waals surface area contributed by atoms with Crippen LogP contribution in [0.1, 0.15) is 91.9 Å². The van der Waals surface area contributed by atoms with Gasteiger partial charge >= 0.3 is 0 Å². The molecular weight excluding hydrogens is 360 g/mol. The molecule has 0 aromatic carbocycles. The third-order valence-electron chi connectivity index (χ3n) is 11.0. The largest absolute Gasteiger partial charge is 0.396 e. The molecule has 0 aliphatic heterocycles. The van der Waals surface area contributed by atoms with Gasteiger partial charge in [0.2, 0.25) is 0 Å². The number of hydrogen-bond donors (Lipinski definition) is 3. The minimum Gasteiger partial charge on any atom is -0.396 e. The average molecular weight is 407 g/mol. The topological polar surface area (TPSA) is 60.7 Å². The van der Waals surface area contributed by atoms with Crippen molar-refractivity contribution in [3.05, 3.63) is 0 Å². The van der Waals surface area contributed by atoms with Gasteiger partial charge in [-0.2, -0.15) is 0 Å². The molecular formula is C26H46O3. The van der Waals surface area contributed by atoms with Crippen molar-refractivity contribution in [2.24, 2.45) is 52.3 Å². The monoisotopic (exact) mass is 406 g/mol. The Kier molecular flexibility index (Phi) is 6.17. The van der Waals surface area contributed by atoms with E-state index in [4.69, 9.17) is 0 Å². The van der Waals surface area contributed by atoms with E-state index in [0.29, 0.717) is 52.9 Å². The molecule has 4 rings (SSSR count). The summed E-state index contributed by atoms with van der Waals surface area (Å²) >= 11 is 0.